The Morgan fingerprint density at radius 2 is 1.75 bits per heavy atom. The highest BCUT2D eigenvalue weighted by molar-refractivity contribution is 5.41. The van der Waals surface area contributed by atoms with Gasteiger partial charge >= 0.3 is 6.18 Å². The summed E-state index contributed by atoms with van der Waals surface area (Å²) in [6, 6.07) is 6.21. The molecule has 4 heteroatoms. The van der Waals surface area contributed by atoms with Gasteiger partial charge in [-0.05, 0) is 17.5 Å². The molecule has 1 atom stereocenters. The van der Waals surface area contributed by atoms with Crippen LogP contribution >= 0.6 is 0 Å². The monoisotopic (exact) mass is 230 g/mol. The van der Waals surface area contributed by atoms with Gasteiger partial charge in [-0.15, -0.1) is 0 Å². The van der Waals surface area contributed by atoms with Crippen LogP contribution in [0.1, 0.15) is 25.0 Å². The number of aliphatic hydroxyl groups is 1. The molecule has 0 saturated carbocycles. The number of alkyl halides is 3. The van der Waals surface area contributed by atoms with E-state index in [9.17, 15) is 18.3 Å². The van der Waals surface area contributed by atoms with Crippen molar-refractivity contribution in [3.05, 3.63) is 35.4 Å². The quantitative estimate of drug-likeness (QED) is 0.726. The van der Waals surface area contributed by atoms with E-state index in [-0.39, 0.29) is 12.0 Å². The zero-order valence-corrected chi connectivity index (χ0v) is 9.10. The van der Waals surface area contributed by atoms with Crippen LogP contribution in [0.3, 0.4) is 0 Å². The van der Waals surface area contributed by atoms with E-state index in [2.05, 4.69) is 0 Å². The molecule has 0 amide bonds. The van der Waals surface area contributed by atoms with E-state index >= 15 is 0 Å². The second-order valence-corrected chi connectivity index (χ2v) is 4.93. The minimum Gasteiger partial charge on any atom is -0.376 e. The molecule has 0 radical (unpaired) electrons. The fourth-order valence-electron chi connectivity index (χ4n) is 2.53. The molecule has 1 aromatic carbocycles. The van der Waals surface area contributed by atoms with Gasteiger partial charge in [0.25, 0.3) is 0 Å². The smallest absolute Gasteiger partial charge is 0.376 e. The van der Waals surface area contributed by atoms with Crippen LogP contribution in [0, 0.1) is 5.41 Å². The van der Waals surface area contributed by atoms with Gasteiger partial charge in [0.2, 0.25) is 0 Å². The van der Waals surface area contributed by atoms with E-state index < -0.39 is 17.2 Å². The maximum absolute atomic E-state index is 13.1. The minimum atomic E-state index is -4.65. The topological polar surface area (TPSA) is 20.2 Å². The Labute approximate surface area is 91.9 Å². The van der Waals surface area contributed by atoms with Crippen LogP contribution in [0.25, 0.3) is 0 Å². The van der Waals surface area contributed by atoms with Crippen molar-refractivity contribution in [2.45, 2.75) is 32.0 Å². The second kappa shape index (κ2) is 3.00. The van der Waals surface area contributed by atoms with Crippen molar-refractivity contribution in [1.82, 2.24) is 0 Å². The molecule has 0 aliphatic heterocycles. The van der Waals surface area contributed by atoms with Gasteiger partial charge in [-0.25, -0.2) is 0 Å². The van der Waals surface area contributed by atoms with Crippen molar-refractivity contribution >= 4 is 0 Å². The molecule has 0 heterocycles. The van der Waals surface area contributed by atoms with Gasteiger partial charge in [-0.2, -0.15) is 13.2 Å². The molecule has 1 unspecified atom stereocenters. The molecule has 1 aromatic rings. The van der Waals surface area contributed by atoms with Gasteiger partial charge in [-0.1, -0.05) is 38.1 Å². The second-order valence-electron chi connectivity index (χ2n) is 4.93. The number of hydrogen-bond donors (Lipinski definition) is 1. The molecule has 0 spiro atoms. The van der Waals surface area contributed by atoms with Gasteiger partial charge in [0.05, 0.1) is 0 Å². The van der Waals surface area contributed by atoms with E-state index in [1.807, 2.05) is 0 Å². The van der Waals surface area contributed by atoms with E-state index in [0.717, 1.165) is 0 Å². The third-order valence-corrected chi connectivity index (χ3v) is 3.43. The highest BCUT2D eigenvalue weighted by atomic mass is 19.4. The lowest BCUT2D eigenvalue weighted by molar-refractivity contribution is -0.299. The first-order chi connectivity index (χ1) is 7.20. The summed E-state index contributed by atoms with van der Waals surface area (Å²) in [6.45, 7) is 2.89. The van der Waals surface area contributed by atoms with E-state index in [1.54, 1.807) is 12.1 Å². The maximum atomic E-state index is 13.1. The predicted molar refractivity (Wildman–Crippen MR) is 53.9 cm³/mol. The zero-order chi connectivity index (χ0) is 12.2. The highest BCUT2D eigenvalue weighted by Crippen LogP contribution is 2.57. The van der Waals surface area contributed by atoms with Crippen molar-refractivity contribution in [2.24, 2.45) is 5.41 Å². The molecule has 0 fully saturated rings. The summed E-state index contributed by atoms with van der Waals surface area (Å²) < 4.78 is 39.2. The number of halogens is 3. The average Bonchev–Trinajstić information content (AvgIpc) is 2.35. The Bertz CT molecular complexity index is 423. The fourth-order valence-corrected chi connectivity index (χ4v) is 2.53. The SMILES string of the molecule is CC1(C)Cc2ccccc2C1(O)C(F)(F)F. The van der Waals surface area contributed by atoms with Crippen LogP contribution in [0.2, 0.25) is 0 Å². The number of fused-ring (bicyclic) bond motifs is 1. The van der Waals surface area contributed by atoms with Crippen molar-refractivity contribution in [3.8, 4) is 0 Å². The summed E-state index contributed by atoms with van der Waals surface area (Å²) in [5.74, 6) is 0. The van der Waals surface area contributed by atoms with Crippen LogP contribution in [0.4, 0.5) is 13.2 Å². The molecule has 88 valence electrons. The normalized spacial score (nSPS) is 27.9. The Morgan fingerprint density at radius 3 is 2.31 bits per heavy atom. The van der Waals surface area contributed by atoms with Crippen molar-refractivity contribution < 1.29 is 18.3 Å². The Balaban J connectivity index is 2.68. The molecule has 0 bridgehead atoms. The van der Waals surface area contributed by atoms with Crippen LogP contribution < -0.4 is 0 Å². The number of benzene rings is 1. The zero-order valence-electron chi connectivity index (χ0n) is 9.10. The first-order valence-electron chi connectivity index (χ1n) is 5.08. The largest absolute Gasteiger partial charge is 0.421 e. The molecule has 1 nitrogen and oxygen atoms in total. The number of hydrogen-bond acceptors (Lipinski definition) is 1. The molecule has 1 aliphatic rings. The predicted octanol–water partition coefficient (Wildman–Crippen LogP) is 3.02. The fraction of sp³-hybridized carbons (Fsp3) is 0.500. The Kier molecular flexibility index (Phi) is 2.15. The summed E-state index contributed by atoms with van der Waals surface area (Å²) >= 11 is 0. The lowest BCUT2D eigenvalue weighted by Crippen LogP contribution is -2.50. The van der Waals surface area contributed by atoms with Crippen molar-refractivity contribution in [1.29, 1.82) is 0 Å². The molecule has 0 aromatic heterocycles. The number of rotatable bonds is 0. The van der Waals surface area contributed by atoms with Gasteiger partial charge < -0.3 is 5.11 Å². The van der Waals surface area contributed by atoms with Crippen molar-refractivity contribution in [2.75, 3.05) is 0 Å². The molecule has 0 saturated heterocycles. The standard InChI is InChI=1S/C12H13F3O/c1-10(2)7-8-5-3-4-6-9(8)11(10,16)12(13,14)15/h3-6,16H,7H2,1-2H3. The molecule has 16 heavy (non-hydrogen) atoms. The third kappa shape index (κ3) is 1.22. The summed E-state index contributed by atoms with van der Waals surface area (Å²) in [7, 11) is 0. The van der Waals surface area contributed by atoms with Gasteiger partial charge in [0, 0.05) is 5.41 Å². The molecule has 1 aliphatic carbocycles. The first kappa shape index (κ1) is 11.5. The molecular weight excluding hydrogens is 217 g/mol. The summed E-state index contributed by atoms with van der Waals surface area (Å²) in [5.41, 5.74) is -3.40. The summed E-state index contributed by atoms with van der Waals surface area (Å²) in [6.07, 6.45) is -4.41. The van der Waals surface area contributed by atoms with Gasteiger partial charge in [-0.3, -0.25) is 0 Å². The van der Waals surface area contributed by atoms with Gasteiger partial charge in [0.15, 0.2) is 5.60 Å². The first-order valence-corrected chi connectivity index (χ1v) is 5.08. The van der Waals surface area contributed by atoms with E-state index in [0.29, 0.717) is 5.56 Å². The van der Waals surface area contributed by atoms with Crippen LogP contribution in [0.15, 0.2) is 24.3 Å². The van der Waals surface area contributed by atoms with Crippen LogP contribution in [-0.4, -0.2) is 11.3 Å². The third-order valence-electron chi connectivity index (χ3n) is 3.43. The molecule has 2 rings (SSSR count). The van der Waals surface area contributed by atoms with Crippen molar-refractivity contribution in [3.63, 3.8) is 0 Å². The summed E-state index contributed by atoms with van der Waals surface area (Å²) in [5, 5.41) is 10.1. The van der Waals surface area contributed by atoms with Crippen LogP contribution in [0.5, 0.6) is 0 Å². The van der Waals surface area contributed by atoms with Gasteiger partial charge in [0.1, 0.15) is 0 Å². The van der Waals surface area contributed by atoms with E-state index in [4.69, 9.17) is 0 Å². The summed E-state index contributed by atoms with van der Waals surface area (Å²) in [4.78, 5) is 0. The maximum Gasteiger partial charge on any atom is 0.421 e. The molecule has 1 N–H and O–H groups in total. The lowest BCUT2D eigenvalue weighted by Gasteiger charge is -2.38. The molecular formula is C12H13F3O. The Morgan fingerprint density at radius 1 is 1.19 bits per heavy atom. The highest BCUT2D eigenvalue weighted by Gasteiger charge is 2.66. The average molecular weight is 230 g/mol. The minimum absolute atomic E-state index is 0.00694. The van der Waals surface area contributed by atoms with Crippen LogP contribution in [-0.2, 0) is 12.0 Å². The Hall–Kier alpha value is -1.03. The lowest BCUT2D eigenvalue weighted by atomic mass is 9.75. The van der Waals surface area contributed by atoms with E-state index in [1.165, 1.54) is 26.0 Å².